The van der Waals surface area contributed by atoms with Crippen molar-refractivity contribution in [2.45, 2.75) is 24.9 Å². The molecule has 1 aliphatic rings. The van der Waals surface area contributed by atoms with Crippen LogP contribution in [-0.4, -0.2) is 15.6 Å². The van der Waals surface area contributed by atoms with Crippen LogP contribution in [0.1, 0.15) is 18.9 Å². The smallest absolute Gasteiger partial charge is 0.0953 e. The first-order valence-electron chi connectivity index (χ1n) is 5.78. The number of aromatic nitrogens is 2. The molecule has 88 valence electrons. The van der Waals surface area contributed by atoms with Crippen LogP contribution in [0.5, 0.6) is 0 Å². The van der Waals surface area contributed by atoms with Gasteiger partial charge in [-0.2, -0.15) is 0 Å². The van der Waals surface area contributed by atoms with Crippen LogP contribution in [0.2, 0.25) is 5.02 Å². The molecular weight excluding hydrogens is 234 g/mol. The molecular formula is C13H14ClN3. The van der Waals surface area contributed by atoms with Crippen molar-refractivity contribution in [1.82, 2.24) is 9.55 Å². The molecule has 1 aromatic carbocycles. The Bertz CT molecular complexity index is 529. The summed E-state index contributed by atoms with van der Waals surface area (Å²) in [6, 6.07) is 8.66. The van der Waals surface area contributed by atoms with E-state index in [-0.39, 0.29) is 0 Å². The van der Waals surface area contributed by atoms with Gasteiger partial charge in [0.25, 0.3) is 0 Å². The van der Waals surface area contributed by atoms with E-state index in [1.807, 2.05) is 36.8 Å². The third-order valence-corrected chi connectivity index (χ3v) is 3.69. The van der Waals surface area contributed by atoms with Gasteiger partial charge in [-0.25, -0.2) is 4.98 Å². The summed E-state index contributed by atoms with van der Waals surface area (Å²) < 4.78 is 2.19. The third-order valence-electron chi connectivity index (χ3n) is 3.36. The Morgan fingerprint density at radius 3 is 2.76 bits per heavy atom. The molecule has 0 radical (unpaired) electrons. The molecule has 2 N–H and O–H groups in total. The number of rotatable bonds is 2. The molecule has 0 spiro atoms. The number of nitrogens with two attached hydrogens (primary N) is 1. The Hall–Kier alpha value is -1.32. The molecule has 0 saturated heterocycles. The molecule has 0 bridgehead atoms. The second kappa shape index (κ2) is 4.17. The van der Waals surface area contributed by atoms with Gasteiger partial charge in [0.1, 0.15) is 0 Å². The normalized spacial score (nSPS) is 23.4. The molecule has 1 heterocycles. The summed E-state index contributed by atoms with van der Waals surface area (Å²) in [4.78, 5) is 4.23. The second-order valence-electron chi connectivity index (χ2n) is 4.55. The van der Waals surface area contributed by atoms with Gasteiger partial charge < -0.3 is 10.3 Å². The standard InChI is InChI=1S/C13H14ClN3/c14-12-4-2-1-3-11(12)13-7-16-8-17(13)10-5-9(15)6-10/h1-4,7-10H,5-6,15H2. The fourth-order valence-corrected chi connectivity index (χ4v) is 2.56. The van der Waals surface area contributed by atoms with Gasteiger partial charge in [-0.05, 0) is 18.9 Å². The van der Waals surface area contributed by atoms with E-state index in [2.05, 4.69) is 9.55 Å². The van der Waals surface area contributed by atoms with Crippen LogP contribution >= 0.6 is 11.6 Å². The summed E-state index contributed by atoms with van der Waals surface area (Å²) in [7, 11) is 0. The molecule has 2 aromatic rings. The minimum absolute atomic E-state index is 0.335. The lowest BCUT2D eigenvalue weighted by Gasteiger charge is -2.34. The average molecular weight is 248 g/mol. The van der Waals surface area contributed by atoms with Gasteiger partial charge in [0.05, 0.1) is 18.2 Å². The average Bonchev–Trinajstić information content (AvgIpc) is 2.74. The summed E-state index contributed by atoms with van der Waals surface area (Å²) in [5, 5.41) is 0.762. The van der Waals surface area contributed by atoms with Gasteiger partial charge >= 0.3 is 0 Å². The monoisotopic (exact) mass is 247 g/mol. The van der Waals surface area contributed by atoms with Crippen molar-refractivity contribution in [2.75, 3.05) is 0 Å². The minimum atomic E-state index is 0.335. The number of imidazole rings is 1. The van der Waals surface area contributed by atoms with Crippen molar-refractivity contribution in [3.05, 3.63) is 41.8 Å². The fraction of sp³-hybridized carbons (Fsp3) is 0.308. The maximum atomic E-state index is 6.22. The van der Waals surface area contributed by atoms with Gasteiger partial charge in [0, 0.05) is 22.7 Å². The van der Waals surface area contributed by atoms with Crippen LogP contribution in [0.3, 0.4) is 0 Å². The van der Waals surface area contributed by atoms with E-state index in [9.17, 15) is 0 Å². The van der Waals surface area contributed by atoms with Crippen molar-refractivity contribution in [1.29, 1.82) is 0 Å². The molecule has 1 aliphatic carbocycles. The molecule has 1 aromatic heterocycles. The number of halogens is 1. The first-order chi connectivity index (χ1) is 8.25. The van der Waals surface area contributed by atoms with E-state index >= 15 is 0 Å². The van der Waals surface area contributed by atoms with Crippen LogP contribution in [0, 0.1) is 0 Å². The number of hydrogen-bond acceptors (Lipinski definition) is 2. The predicted octanol–water partition coefficient (Wildman–Crippen LogP) is 2.87. The van der Waals surface area contributed by atoms with E-state index in [4.69, 9.17) is 17.3 Å². The summed E-state index contributed by atoms with van der Waals surface area (Å²) in [5.74, 6) is 0. The number of nitrogens with zero attached hydrogens (tertiary/aromatic N) is 2. The third kappa shape index (κ3) is 1.85. The van der Waals surface area contributed by atoms with Crippen molar-refractivity contribution < 1.29 is 0 Å². The molecule has 1 saturated carbocycles. The number of benzene rings is 1. The maximum absolute atomic E-state index is 6.22. The maximum Gasteiger partial charge on any atom is 0.0953 e. The highest BCUT2D eigenvalue weighted by molar-refractivity contribution is 6.33. The Balaban J connectivity index is 1.99. The summed E-state index contributed by atoms with van der Waals surface area (Å²) in [6.07, 6.45) is 5.78. The second-order valence-corrected chi connectivity index (χ2v) is 4.96. The van der Waals surface area contributed by atoms with E-state index in [1.54, 1.807) is 0 Å². The van der Waals surface area contributed by atoms with E-state index < -0.39 is 0 Å². The van der Waals surface area contributed by atoms with Crippen LogP contribution in [-0.2, 0) is 0 Å². The van der Waals surface area contributed by atoms with Crippen LogP contribution < -0.4 is 5.73 Å². The Morgan fingerprint density at radius 2 is 2.06 bits per heavy atom. The van der Waals surface area contributed by atoms with Crippen molar-refractivity contribution in [3.63, 3.8) is 0 Å². The van der Waals surface area contributed by atoms with Crippen molar-refractivity contribution in [2.24, 2.45) is 5.73 Å². The molecule has 0 unspecified atom stereocenters. The molecule has 0 aliphatic heterocycles. The summed E-state index contributed by atoms with van der Waals surface area (Å²) >= 11 is 6.22. The molecule has 0 atom stereocenters. The topological polar surface area (TPSA) is 43.8 Å². The van der Waals surface area contributed by atoms with E-state index in [1.165, 1.54) is 0 Å². The molecule has 3 nitrogen and oxygen atoms in total. The van der Waals surface area contributed by atoms with Gasteiger partial charge in [0.15, 0.2) is 0 Å². The van der Waals surface area contributed by atoms with Gasteiger partial charge in [-0.15, -0.1) is 0 Å². The zero-order valence-corrected chi connectivity index (χ0v) is 10.1. The van der Waals surface area contributed by atoms with Crippen LogP contribution in [0.15, 0.2) is 36.8 Å². The summed E-state index contributed by atoms with van der Waals surface area (Å²) in [5.41, 5.74) is 7.94. The lowest BCUT2D eigenvalue weighted by Crippen LogP contribution is -2.37. The SMILES string of the molecule is NC1CC(n2cncc2-c2ccccc2Cl)C1. The minimum Gasteiger partial charge on any atom is -0.328 e. The van der Waals surface area contributed by atoms with Crippen molar-refractivity contribution in [3.8, 4) is 11.3 Å². The van der Waals surface area contributed by atoms with E-state index in [0.29, 0.717) is 12.1 Å². The van der Waals surface area contributed by atoms with Crippen LogP contribution in [0.25, 0.3) is 11.3 Å². The first-order valence-corrected chi connectivity index (χ1v) is 6.16. The highest BCUT2D eigenvalue weighted by Crippen LogP contribution is 2.36. The van der Waals surface area contributed by atoms with Gasteiger partial charge in [0.2, 0.25) is 0 Å². The van der Waals surface area contributed by atoms with Gasteiger partial charge in [-0.1, -0.05) is 29.8 Å². The van der Waals surface area contributed by atoms with Crippen molar-refractivity contribution >= 4 is 11.6 Å². The molecule has 3 rings (SSSR count). The Morgan fingerprint density at radius 1 is 1.29 bits per heavy atom. The number of hydrogen-bond donors (Lipinski definition) is 1. The molecule has 0 amide bonds. The molecule has 4 heteroatoms. The highest BCUT2D eigenvalue weighted by atomic mass is 35.5. The molecule has 1 fully saturated rings. The quantitative estimate of drug-likeness (QED) is 0.887. The predicted molar refractivity (Wildman–Crippen MR) is 68.9 cm³/mol. The Labute approximate surface area is 105 Å². The Kier molecular flexibility index (Phi) is 2.65. The summed E-state index contributed by atoms with van der Waals surface area (Å²) in [6.45, 7) is 0. The lowest BCUT2D eigenvalue weighted by molar-refractivity contribution is 0.268. The zero-order valence-electron chi connectivity index (χ0n) is 9.38. The van der Waals surface area contributed by atoms with E-state index in [0.717, 1.165) is 29.1 Å². The molecule has 17 heavy (non-hydrogen) atoms. The lowest BCUT2D eigenvalue weighted by atomic mass is 9.87. The first kappa shape index (κ1) is 10.8. The van der Waals surface area contributed by atoms with Gasteiger partial charge in [-0.3, -0.25) is 0 Å². The largest absolute Gasteiger partial charge is 0.328 e. The zero-order chi connectivity index (χ0) is 11.8. The highest BCUT2D eigenvalue weighted by Gasteiger charge is 2.28. The fourth-order valence-electron chi connectivity index (χ4n) is 2.33. The van der Waals surface area contributed by atoms with Crippen LogP contribution in [0.4, 0.5) is 0 Å².